The first-order valence-corrected chi connectivity index (χ1v) is 3.26. The van der Waals surface area contributed by atoms with Crippen LogP contribution in [0.4, 0.5) is 0 Å². The maximum atomic E-state index is 9.51. The van der Waals surface area contributed by atoms with Gasteiger partial charge in [-0.2, -0.15) is 0 Å². The van der Waals surface area contributed by atoms with Crippen molar-refractivity contribution in [2.75, 3.05) is 6.61 Å². The third-order valence-electron chi connectivity index (χ3n) is 0.642. The van der Waals surface area contributed by atoms with Crippen molar-refractivity contribution in [2.24, 2.45) is 0 Å². The Hall–Kier alpha value is -1.09. The molecule has 0 radical (unpaired) electrons. The Kier molecular flexibility index (Phi) is 13.3. The molecule has 0 heterocycles. The van der Waals surface area contributed by atoms with Crippen LogP contribution in [-0.4, -0.2) is 22.8 Å². The van der Waals surface area contributed by atoms with Crippen LogP contribution in [0.25, 0.3) is 0 Å². The minimum atomic E-state index is -0.891. The third-order valence-corrected chi connectivity index (χ3v) is 0.642. The lowest BCUT2D eigenvalue weighted by atomic mass is 10.5. The molecule has 0 unspecified atom stereocenters. The molecule has 2 N–H and O–H groups in total. The van der Waals surface area contributed by atoms with Gasteiger partial charge in [-0.3, -0.25) is 0 Å². The summed E-state index contributed by atoms with van der Waals surface area (Å²) in [6.07, 6.45) is 4.95. The van der Waals surface area contributed by atoms with E-state index in [4.69, 9.17) is 10.2 Å². The molecule has 0 aromatic carbocycles. The quantitative estimate of drug-likeness (QED) is 0.479. The summed E-state index contributed by atoms with van der Waals surface area (Å²) < 4.78 is 0. The van der Waals surface area contributed by atoms with Crippen LogP contribution in [0, 0.1) is 0 Å². The first-order valence-electron chi connectivity index (χ1n) is 3.26. The summed E-state index contributed by atoms with van der Waals surface area (Å²) in [5, 5.41) is 15.8. The number of carbonyl (C=O) groups is 1. The molecule has 0 aromatic rings. The van der Waals surface area contributed by atoms with Crippen LogP contribution in [0.3, 0.4) is 0 Å². The van der Waals surface area contributed by atoms with Gasteiger partial charge in [0.1, 0.15) is 0 Å². The molecule has 3 nitrogen and oxygen atoms in total. The number of allylic oxidation sites excluding steroid dienone is 1. The summed E-state index contributed by atoms with van der Waals surface area (Å²) in [5.74, 6) is -0.891. The summed E-state index contributed by atoms with van der Waals surface area (Å²) in [4.78, 5) is 9.51. The van der Waals surface area contributed by atoms with Crippen LogP contribution in [0.15, 0.2) is 24.8 Å². The van der Waals surface area contributed by atoms with Crippen LogP contribution in [-0.2, 0) is 4.79 Å². The smallest absolute Gasteiger partial charge is 0.327 e. The Balaban J connectivity index is 0. The third kappa shape index (κ3) is 27.8. The van der Waals surface area contributed by atoms with Crippen LogP contribution in [0.2, 0.25) is 0 Å². The van der Waals surface area contributed by atoms with Crippen LogP contribution >= 0.6 is 0 Å². The van der Waals surface area contributed by atoms with Crippen molar-refractivity contribution in [3.05, 3.63) is 24.8 Å². The Morgan fingerprint density at radius 3 is 2.18 bits per heavy atom. The number of carboxylic acids is 1. The molecular formula is C8H14O3. The molecule has 11 heavy (non-hydrogen) atoms. The number of rotatable bonds is 3. The van der Waals surface area contributed by atoms with E-state index in [-0.39, 0.29) is 6.61 Å². The van der Waals surface area contributed by atoms with Gasteiger partial charge in [0.25, 0.3) is 0 Å². The summed E-state index contributed by atoms with van der Waals surface area (Å²) in [6, 6.07) is 0. The highest BCUT2D eigenvalue weighted by molar-refractivity contribution is 5.79. The Morgan fingerprint density at radius 1 is 1.64 bits per heavy atom. The molecule has 0 spiro atoms. The first kappa shape index (κ1) is 12.6. The number of hydrogen-bond acceptors (Lipinski definition) is 2. The SMILES string of the molecule is C=CCCO.CC=CC(=O)O. The largest absolute Gasteiger partial charge is 0.478 e. The second-order valence-corrected chi connectivity index (χ2v) is 1.64. The lowest BCUT2D eigenvalue weighted by molar-refractivity contribution is -0.131. The molecule has 64 valence electrons. The Bertz CT molecular complexity index is 127. The molecule has 0 bridgehead atoms. The second-order valence-electron chi connectivity index (χ2n) is 1.64. The molecule has 3 heteroatoms. The summed E-state index contributed by atoms with van der Waals surface area (Å²) in [7, 11) is 0. The van der Waals surface area contributed by atoms with Crippen molar-refractivity contribution in [3.8, 4) is 0 Å². The molecule has 0 aliphatic heterocycles. The number of aliphatic hydroxyl groups is 1. The maximum absolute atomic E-state index is 9.51. The zero-order valence-corrected chi connectivity index (χ0v) is 6.66. The minimum Gasteiger partial charge on any atom is -0.478 e. The molecule has 0 saturated heterocycles. The van der Waals surface area contributed by atoms with Gasteiger partial charge in [-0.25, -0.2) is 4.79 Å². The molecule has 0 fully saturated rings. The molecular weight excluding hydrogens is 144 g/mol. The van der Waals surface area contributed by atoms with E-state index in [2.05, 4.69) is 6.58 Å². The molecule has 0 rings (SSSR count). The van der Waals surface area contributed by atoms with E-state index in [1.54, 1.807) is 13.0 Å². The molecule has 0 aliphatic rings. The zero-order valence-electron chi connectivity index (χ0n) is 6.66. The summed E-state index contributed by atoms with van der Waals surface area (Å²) in [6.45, 7) is 5.28. The van der Waals surface area contributed by atoms with Gasteiger partial charge in [0, 0.05) is 12.7 Å². The van der Waals surface area contributed by atoms with Crippen molar-refractivity contribution in [1.82, 2.24) is 0 Å². The fourth-order valence-corrected chi connectivity index (χ4v) is 0.234. The lowest BCUT2D eigenvalue weighted by Crippen LogP contribution is -1.83. The van der Waals surface area contributed by atoms with Crippen molar-refractivity contribution >= 4 is 5.97 Å². The predicted octanol–water partition coefficient (Wildman–Crippen LogP) is 1.20. The first-order chi connectivity index (χ1) is 5.18. The highest BCUT2D eigenvalue weighted by atomic mass is 16.4. The lowest BCUT2D eigenvalue weighted by Gasteiger charge is -1.73. The fraction of sp³-hybridized carbons (Fsp3) is 0.375. The molecule has 0 saturated carbocycles. The van der Waals surface area contributed by atoms with Gasteiger partial charge in [-0.05, 0) is 13.3 Å². The van der Waals surface area contributed by atoms with Crippen molar-refractivity contribution in [3.63, 3.8) is 0 Å². The van der Waals surface area contributed by atoms with Crippen molar-refractivity contribution < 1.29 is 15.0 Å². The molecule has 0 aromatic heterocycles. The number of carboxylic acid groups (broad SMARTS) is 1. The standard InChI is InChI=1S/C4H6O2.C4H8O/c1-2-3-4(5)6;1-2-3-4-5/h2-3H,1H3,(H,5,6);2,5H,1,3-4H2. The van der Waals surface area contributed by atoms with Gasteiger partial charge in [0.15, 0.2) is 0 Å². The van der Waals surface area contributed by atoms with Crippen LogP contribution in [0.5, 0.6) is 0 Å². The van der Waals surface area contributed by atoms with Gasteiger partial charge in [-0.15, -0.1) is 6.58 Å². The van der Waals surface area contributed by atoms with E-state index in [0.29, 0.717) is 6.42 Å². The summed E-state index contributed by atoms with van der Waals surface area (Å²) in [5.41, 5.74) is 0. The molecule has 0 atom stereocenters. The maximum Gasteiger partial charge on any atom is 0.327 e. The Labute approximate surface area is 66.7 Å². The number of hydrogen-bond donors (Lipinski definition) is 2. The highest BCUT2D eigenvalue weighted by Gasteiger charge is 1.76. The molecule has 0 aliphatic carbocycles. The van der Waals surface area contributed by atoms with Gasteiger partial charge in [-0.1, -0.05) is 12.2 Å². The van der Waals surface area contributed by atoms with Crippen LogP contribution < -0.4 is 0 Å². The highest BCUT2D eigenvalue weighted by Crippen LogP contribution is 1.69. The summed E-state index contributed by atoms with van der Waals surface area (Å²) >= 11 is 0. The Morgan fingerprint density at radius 2 is 2.18 bits per heavy atom. The monoisotopic (exact) mass is 158 g/mol. The van der Waals surface area contributed by atoms with E-state index in [1.165, 1.54) is 6.08 Å². The number of aliphatic hydroxyl groups excluding tert-OH is 1. The van der Waals surface area contributed by atoms with Crippen molar-refractivity contribution in [1.29, 1.82) is 0 Å². The van der Waals surface area contributed by atoms with Gasteiger partial charge in [0.05, 0.1) is 0 Å². The van der Waals surface area contributed by atoms with Gasteiger partial charge >= 0.3 is 5.97 Å². The second kappa shape index (κ2) is 11.7. The van der Waals surface area contributed by atoms with Gasteiger partial charge < -0.3 is 10.2 Å². The zero-order chi connectivity index (χ0) is 9.11. The molecule has 0 amide bonds. The van der Waals surface area contributed by atoms with Crippen LogP contribution in [0.1, 0.15) is 13.3 Å². The number of aliphatic carboxylic acids is 1. The van der Waals surface area contributed by atoms with Gasteiger partial charge in [0.2, 0.25) is 0 Å². The predicted molar refractivity (Wildman–Crippen MR) is 44.3 cm³/mol. The normalized spacial score (nSPS) is 8.55. The van der Waals surface area contributed by atoms with E-state index < -0.39 is 5.97 Å². The van der Waals surface area contributed by atoms with E-state index in [1.807, 2.05) is 0 Å². The minimum absolute atomic E-state index is 0.226. The average Bonchev–Trinajstić information content (AvgIpc) is 1.90. The fourth-order valence-electron chi connectivity index (χ4n) is 0.234. The topological polar surface area (TPSA) is 57.5 Å². The van der Waals surface area contributed by atoms with E-state index >= 15 is 0 Å². The van der Waals surface area contributed by atoms with E-state index in [9.17, 15) is 4.79 Å². The van der Waals surface area contributed by atoms with Crippen molar-refractivity contribution in [2.45, 2.75) is 13.3 Å². The average molecular weight is 158 g/mol. The van der Waals surface area contributed by atoms with E-state index in [0.717, 1.165) is 6.08 Å².